The van der Waals surface area contributed by atoms with Gasteiger partial charge in [-0.15, -0.1) is 0 Å². The van der Waals surface area contributed by atoms with Gasteiger partial charge < -0.3 is 21.0 Å². The molecule has 0 aliphatic heterocycles. The Kier molecular flexibility index (Phi) is 4.83. The van der Waals surface area contributed by atoms with Crippen LogP contribution in [0.5, 0.6) is 0 Å². The summed E-state index contributed by atoms with van der Waals surface area (Å²) in [6.07, 6.45) is 8.84. The van der Waals surface area contributed by atoms with Gasteiger partial charge in [0.25, 0.3) is 5.56 Å². The third kappa shape index (κ3) is 3.25. The van der Waals surface area contributed by atoms with Gasteiger partial charge in [0.15, 0.2) is 0 Å². The lowest BCUT2D eigenvalue weighted by Crippen LogP contribution is -2.13. The first-order chi connectivity index (χ1) is 13.6. The van der Waals surface area contributed by atoms with Gasteiger partial charge in [0.1, 0.15) is 17.2 Å². The maximum Gasteiger partial charge on any atom is 0.261 e. The van der Waals surface area contributed by atoms with E-state index in [-0.39, 0.29) is 16.6 Å². The second-order valence-electron chi connectivity index (χ2n) is 6.89. The van der Waals surface area contributed by atoms with Crippen LogP contribution >= 0.6 is 0 Å². The second kappa shape index (κ2) is 7.44. The Morgan fingerprint density at radius 1 is 1.32 bits per heavy atom. The molecule has 5 N–H and O–H groups in total. The minimum absolute atomic E-state index is 0.0922. The standard InChI is InChI=1S/C21H22FN5O/c1-24-10-4-6-12-5-2-8-14-16(11-12)26-20(25-14)18-19(23)17-13(22)7-3-9-15(17)27-21(18)28/h2-3,5,7,9,11,24H,4,6,8,10H2,1H3,(H,25,26)(H3,23,27,28). The largest absolute Gasteiger partial charge is 0.397 e. The molecule has 0 spiro atoms. The van der Waals surface area contributed by atoms with Crippen molar-refractivity contribution in [3.8, 4) is 11.4 Å². The van der Waals surface area contributed by atoms with E-state index in [1.807, 2.05) is 13.1 Å². The molecule has 0 fully saturated rings. The number of anilines is 1. The van der Waals surface area contributed by atoms with Crippen molar-refractivity contribution in [2.45, 2.75) is 19.3 Å². The topological polar surface area (TPSA) is 99.6 Å². The lowest BCUT2D eigenvalue weighted by molar-refractivity contribution is 0.640. The van der Waals surface area contributed by atoms with Gasteiger partial charge in [-0.1, -0.05) is 18.2 Å². The van der Waals surface area contributed by atoms with Crippen molar-refractivity contribution in [2.75, 3.05) is 19.3 Å². The highest BCUT2D eigenvalue weighted by atomic mass is 19.1. The molecular formula is C21H22FN5O. The Morgan fingerprint density at radius 3 is 3.00 bits per heavy atom. The minimum atomic E-state index is -0.477. The van der Waals surface area contributed by atoms with E-state index in [0.29, 0.717) is 17.8 Å². The van der Waals surface area contributed by atoms with E-state index in [1.54, 1.807) is 6.07 Å². The molecule has 0 amide bonds. The first kappa shape index (κ1) is 18.2. The quantitative estimate of drug-likeness (QED) is 0.512. The number of nitrogens with zero attached hydrogens (tertiary/aromatic N) is 1. The number of nitrogens with two attached hydrogens (primary N) is 1. The van der Waals surface area contributed by atoms with E-state index in [9.17, 15) is 9.18 Å². The Balaban J connectivity index is 1.79. The normalized spacial score (nSPS) is 13.4. The van der Waals surface area contributed by atoms with Gasteiger partial charge in [-0.2, -0.15) is 0 Å². The molecule has 0 bridgehead atoms. The number of hydrogen-bond donors (Lipinski definition) is 4. The van der Waals surface area contributed by atoms with Crippen LogP contribution in [0.15, 0.2) is 40.7 Å². The molecule has 0 saturated carbocycles. The van der Waals surface area contributed by atoms with Crippen LogP contribution in [0.3, 0.4) is 0 Å². The number of allylic oxidation sites excluding steroid dienone is 3. The third-order valence-electron chi connectivity index (χ3n) is 4.94. The molecular weight excluding hydrogens is 357 g/mol. The van der Waals surface area contributed by atoms with Crippen LogP contribution in [0.4, 0.5) is 10.1 Å². The molecule has 0 atom stereocenters. The number of pyridine rings is 1. The average Bonchev–Trinajstić information content (AvgIpc) is 2.93. The number of halogens is 1. The van der Waals surface area contributed by atoms with Crippen molar-refractivity contribution in [1.29, 1.82) is 0 Å². The zero-order valence-corrected chi connectivity index (χ0v) is 15.6. The highest BCUT2D eigenvalue weighted by molar-refractivity contribution is 5.97. The van der Waals surface area contributed by atoms with Crippen molar-refractivity contribution in [3.05, 3.63) is 63.5 Å². The van der Waals surface area contributed by atoms with Crippen LogP contribution in [-0.4, -0.2) is 28.5 Å². The summed E-state index contributed by atoms with van der Waals surface area (Å²) in [4.78, 5) is 23.1. The van der Waals surface area contributed by atoms with Crippen LogP contribution < -0.4 is 16.6 Å². The zero-order chi connectivity index (χ0) is 19.7. The minimum Gasteiger partial charge on any atom is -0.397 e. The van der Waals surface area contributed by atoms with E-state index in [0.717, 1.165) is 30.8 Å². The molecule has 0 saturated heterocycles. The Bertz CT molecular complexity index is 1160. The molecule has 2 heterocycles. The predicted octanol–water partition coefficient (Wildman–Crippen LogP) is 3.13. The molecule has 1 aliphatic carbocycles. The third-order valence-corrected chi connectivity index (χ3v) is 4.94. The number of aromatic nitrogens is 3. The summed E-state index contributed by atoms with van der Waals surface area (Å²) in [5, 5.41) is 3.34. The summed E-state index contributed by atoms with van der Waals surface area (Å²) < 4.78 is 14.3. The molecule has 28 heavy (non-hydrogen) atoms. The van der Waals surface area contributed by atoms with Crippen LogP contribution in [0.25, 0.3) is 28.4 Å². The summed E-state index contributed by atoms with van der Waals surface area (Å²) in [6.45, 7) is 0.943. The fraction of sp³-hybridized carbons (Fsp3) is 0.238. The number of aromatic amines is 2. The number of hydrogen-bond acceptors (Lipinski definition) is 4. The maximum atomic E-state index is 14.3. The van der Waals surface area contributed by atoms with Crippen LogP contribution in [-0.2, 0) is 6.42 Å². The summed E-state index contributed by atoms with van der Waals surface area (Å²) in [5.41, 5.74) is 9.29. The molecule has 0 radical (unpaired) electrons. The summed E-state index contributed by atoms with van der Waals surface area (Å²) in [7, 11) is 1.93. The Labute approximate surface area is 161 Å². The number of rotatable bonds is 5. The molecule has 1 aromatic carbocycles. The summed E-state index contributed by atoms with van der Waals surface area (Å²) in [6, 6.07) is 4.49. The molecule has 2 aromatic heterocycles. The van der Waals surface area contributed by atoms with Gasteiger partial charge in [0.05, 0.1) is 22.3 Å². The average molecular weight is 379 g/mol. The van der Waals surface area contributed by atoms with E-state index in [2.05, 4.69) is 32.4 Å². The van der Waals surface area contributed by atoms with E-state index in [4.69, 9.17) is 5.73 Å². The van der Waals surface area contributed by atoms with Crippen LogP contribution in [0.1, 0.15) is 24.2 Å². The van der Waals surface area contributed by atoms with Gasteiger partial charge in [0.2, 0.25) is 0 Å². The van der Waals surface area contributed by atoms with E-state index >= 15 is 0 Å². The van der Waals surface area contributed by atoms with Gasteiger partial charge in [-0.3, -0.25) is 4.79 Å². The van der Waals surface area contributed by atoms with Crippen LogP contribution in [0, 0.1) is 5.82 Å². The van der Waals surface area contributed by atoms with E-state index < -0.39 is 11.4 Å². The molecule has 4 rings (SSSR count). The highest BCUT2D eigenvalue weighted by Crippen LogP contribution is 2.30. The fourth-order valence-corrected chi connectivity index (χ4v) is 3.56. The number of nitrogens with one attached hydrogen (secondary N) is 3. The van der Waals surface area contributed by atoms with Crippen molar-refractivity contribution in [3.63, 3.8) is 0 Å². The van der Waals surface area contributed by atoms with E-state index in [1.165, 1.54) is 17.7 Å². The van der Waals surface area contributed by atoms with Crippen molar-refractivity contribution >= 4 is 22.7 Å². The number of imidazole rings is 1. The van der Waals surface area contributed by atoms with Gasteiger partial charge in [-0.25, -0.2) is 9.37 Å². The number of benzene rings is 1. The molecule has 144 valence electrons. The predicted molar refractivity (Wildman–Crippen MR) is 111 cm³/mol. The fourth-order valence-electron chi connectivity index (χ4n) is 3.56. The summed E-state index contributed by atoms with van der Waals surface area (Å²) in [5.74, 6) is -0.120. The highest BCUT2D eigenvalue weighted by Gasteiger charge is 2.19. The molecule has 6 nitrogen and oxygen atoms in total. The van der Waals surface area contributed by atoms with Crippen molar-refractivity contribution in [2.24, 2.45) is 0 Å². The maximum absolute atomic E-state index is 14.3. The second-order valence-corrected chi connectivity index (χ2v) is 6.89. The number of H-pyrrole nitrogens is 2. The Morgan fingerprint density at radius 2 is 2.18 bits per heavy atom. The monoisotopic (exact) mass is 379 g/mol. The lowest BCUT2D eigenvalue weighted by Gasteiger charge is -2.07. The molecule has 1 aliphatic rings. The van der Waals surface area contributed by atoms with Gasteiger partial charge >= 0.3 is 0 Å². The first-order valence-corrected chi connectivity index (χ1v) is 9.29. The SMILES string of the molecule is CNCCCC1=Cc2nc(-c3c(N)c4c(F)cccc4[nH]c3=O)[nH]c2CC=C1. The lowest BCUT2D eigenvalue weighted by atomic mass is 10.1. The molecule has 0 unspecified atom stereocenters. The zero-order valence-electron chi connectivity index (χ0n) is 15.6. The van der Waals surface area contributed by atoms with Crippen LogP contribution in [0.2, 0.25) is 0 Å². The smallest absolute Gasteiger partial charge is 0.261 e. The first-order valence-electron chi connectivity index (χ1n) is 9.29. The summed E-state index contributed by atoms with van der Waals surface area (Å²) >= 11 is 0. The van der Waals surface area contributed by atoms with Crippen molar-refractivity contribution in [1.82, 2.24) is 20.3 Å². The number of fused-ring (bicyclic) bond motifs is 2. The van der Waals surface area contributed by atoms with Gasteiger partial charge in [0, 0.05) is 12.1 Å². The number of nitrogen functional groups attached to an aromatic ring is 1. The molecule has 7 heteroatoms. The van der Waals surface area contributed by atoms with Gasteiger partial charge in [-0.05, 0) is 50.2 Å². The molecule has 3 aromatic rings. The Hall–Kier alpha value is -3.19. The van der Waals surface area contributed by atoms with Crippen molar-refractivity contribution < 1.29 is 4.39 Å².